The van der Waals surface area contributed by atoms with Crippen molar-refractivity contribution in [3.05, 3.63) is 29.8 Å². The van der Waals surface area contributed by atoms with Crippen LogP contribution in [0.25, 0.3) is 22.2 Å². The van der Waals surface area contributed by atoms with Gasteiger partial charge in [-0.15, -0.1) is 0 Å². The lowest BCUT2D eigenvalue weighted by Crippen LogP contribution is -2.25. The fraction of sp³-hybridized carbons (Fsp3) is 0.421. The van der Waals surface area contributed by atoms with E-state index in [-0.39, 0.29) is 5.91 Å². The predicted molar refractivity (Wildman–Crippen MR) is 102 cm³/mol. The predicted octanol–water partition coefficient (Wildman–Crippen LogP) is 3.50. The molecule has 1 aromatic carbocycles. The number of amides is 1. The summed E-state index contributed by atoms with van der Waals surface area (Å²) < 4.78 is 1.92. The Bertz CT molecular complexity index is 900. The molecular weight excluding hydrogens is 314 g/mol. The van der Waals surface area contributed by atoms with Crippen molar-refractivity contribution in [2.24, 2.45) is 0 Å². The zero-order valence-electron chi connectivity index (χ0n) is 14.9. The average molecular weight is 339 g/mol. The SMILES string of the molecule is CCCCNC(=O)c1c(N)n(CCCC)c2nc3ccccc3nc12. The molecule has 3 aromatic rings. The highest BCUT2D eigenvalue weighted by atomic mass is 16.1. The lowest BCUT2D eigenvalue weighted by atomic mass is 10.2. The maximum atomic E-state index is 12.7. The lowest BCUT2D eigenvalue weighted by Gasteiger charge is -2.07. The maximum absolute atomic E-state index is 12.7. The van der Waals surface area contributed by atoms with Gasteiger partial charge < -0.3 is 15.6 Å². The number of fused-ring (bicyclic) bond motifs is 2. The van der Waals surface area contributed by atoms with Crippen LogP contribution in [0.2, 0.25) is 0 Å². The lowest BCUT2D eigenvalue weighted by molar-refractivity contribution is 0.0955. The molecule has 132 valence electrons. The van der Waals surface area contributed by atoms with Gasteiger partial charge in [-0.05, 0) is 25.0 Å². The van der Waals surface area contributed by atoms with Crippen LogP contribution in [0.5, 0.6) is 0 Å². The molecule has 0 aliphatic rings. The number of aromatic nitrogens is 3. The number of benzene rings is 1. The molecule has 0 atom stereocenters. The van der Waals surface area contributed by atoms with Crippen molar-refractivity contribution in [2.45, 2.75) is 46.1 Å². The molecule has 3 N–H and O–H groups in total. The van der Waals surface area contributed by atoms with Crippen LogP contribution in [0.15, 0.2) is 24.3 Å². The Morgan fingerprint density at radius 3 is 2.48 bits per heavy atom. The van der Waals surface area contributed by atoms with Crippen molar-refractivity contribution < 1.29 is 4.79 Å². The van der Waals surface area contributed by atoms with Crippen LogP contribution < -0.4 is 11.1 Å². The number of hydrogen-bond acceptors (Lipinski definition) is 4. The van der Waals surface area contributed by atoms with Crippen LogP contribution >= 0.6 is 0 Å². The monoisotopic (exact) mass is 339 g/mol. The molecular formula is C19H25N5O. The molecule has 0 unspecified atom stereocenters. The number of nitrogens with zero attached hydrogens (tertiary/aromatic N) is 3. The van der Waals surface area contributed by atoms with E-state index in [0.29, 0.717) is 29.1 Å². The molecule has 0 fully saturated rings. The van der Waals surface area contributed by atoms with Crippen molar-refractivity contribution in [3.8, 4) is 0 Å². The summed E-state index contributed by atoms with van der Waals surface area (Å²) in [7, 11) is 0. The highest BCUT2D eigenvalue weighted by Crippen LogP contribution is 2.28. The van der Waals surface area contributed by atoms with Crippen molar-refractivity contribution >= 4 is 33.9 Å². The molecule has 1 amide bonds. The van der Waals surface area contributed by atoms with E-state index in [4.69, 9.17) is 15.7 Å². The van der Waals surface area contributed by atoms with E-state index in [1.807, 2.05) is 28.8 Å². The first-order valence-electron chi connectivity index (χ1n) is 9.00. The Balaban J connectivity index is 2.15. The first kappa shape index (κ1) is 17.2. The average Bonchev–Trinajstić information content (AvgIpc) is 2.88. The summed E-state index contributed by atoms with van der Waals surface area (Å²) >= 11 is 0. The Hall–Kier alpha value is -2.63. The van der Waals surface area contributed by atoms with E-state index < -0.39 is 0 Å². The summed E-state index contributed by atoms with van der Waals surface area (Å²) in [5, 5.41) is 2.95. The van der Waals surface area contributed by atoms with E-state index in [1.165, 1.54) is 0 Å². The van der Waals surface area contributed by atoms with Gasteiger partial charge in [0.05, 0.1) is 11.0 Å². The van der Waals surface area contributed by atoms with Gasteiger partial charge in [0.2, 0.25) is 0 Å². The minimum Gasteiger partial charge on any atom is -0.384 e. The van der Waals surface area contributed by atoms with Gasteiger partial charge >= 0.3 is 0 Å². The number of carbonyl (C=O) groups is 1. The van der Waals surface area contributed by atoms with Crippen molar-refractivity contribution in [3.63, 3.8) is 0 Å². The summed E-state index contributed by atoms with van der Waals surface area (Å²) in [6, 6.07) is 7.68. The van der Waals surface area contributed by atoms with E-state index in [9.17, 15) is 4.79 Å². The zero-order chi connectivity index (χ0) is 17.8. The van der Waals surface area contributed by atoms with E-state index in [1.54, 1.807) is 0 Å². The Morgan fingerprint density at radius 1 is 1.12 bits per heavy atom. The van der Waals surface area contributed by atoms with Crippen LogP contribution in [0, 0.1) is 0 Å². The fourth-order valence-electron chi connectivity index (χ4n) is 2.95. The molecule has 3 rings (SSSR count). The summed E-state index contributed by atoms with van der Waals surface area (Å²) in [5.41, 5.74) is 9.64. The number of aryl methyl sites for hydroxylation is 1. The van der Waals surface area contributed by atoms with Gasteiger partial charge in [0.25, 0.3) is 5.91 Å². The first-order valence-corrected chi connectivity index (χ1v) is 9.00. The highest BCUT2D eigenvalue weighted by Gasteiger charge is 2.23. The number of rotatable bonds is 7. The summed E-state index contributed by atoms with van der Waals surface area (Å²) in [5.74, 6) is 0.281. The standard InChI is InChI=1S/C19H25N5O/c1-3-5-11-21-19(25)15-16-18(24(17(15)20)12-6-4-2)23-14-10-8-7-9-13(14)22-16/h7-10H,3-6,11-12,20H2,1-2H3,(H,21,25). The van der Waals surface area contributed by atoms with Gasteiger partial charge in [-0.2, -0.15) is 0 Å². The first-order chi connectivity index (χ1) is 12.2. The van der Waals surface area contributed by atoms with Crippen LogP contribution in [0.1, 0.15) is 49.9 Å². The number of nitrogens with two attached hydrogens (primary N) is 1. The van der Waals surface area contributed by atoms with E-state index >= 15 is 0 Å². The molecule has 0 saturated carbocycles. The number of hydrogen-bond donors (Lipinski definition) is 2. The van der Waals surface area contributed by atoms with Crippen LogP contribution in [0.3, 0.4) is 0 Å². The van der Waals surface area contributed by atoms with E-state index in [0.717, 1.165) is 43.3 Å². The molecule has 0 spiro atoms. The van der Waals surface area contributed by atoms with Crippen molar-refractivity contribution in [1.29, 1.82) is 0 Å². The van der Waals surface area contributed by atoms with E-state index in [2.05, 4.69) is 19.2 Å². The second kappa shape index (κ2) is 7.51. The third kappa shape index (κ3) is 3.29. The number of para-hydroxylation sites is 2. The summed E-state index contributed by atoms with van der Waals surface area (Å²) in [6.07, 6.45) is 3.98. The van der Waals surface area contributed by atoms with Crippen LogP contribution in [0.4, 0.5) is 5.82 Å². The molecule has 6 nitrogen and oxygen atoms in total. The largest absolute Gasteiger partial charge is 0.384 e. The molecule has 0 bridgehead atoms. The number of carbonyl (C=O) groups excluding carboxylic acids is 1. The molecule has 25 heavy (non-hydrogen) atoms. The topological polar surface area (TPSA) is 85.8 Å². The summed E-state index contributed by atoms with van der Waals surface area (Å²) in [6.45, 7) is 5.58. The van der Waals surface area contributed by atoms with Crippen LogP contribution in [-0.2, 0) is 6.54 Å². The Morgan fingerprint density at radius 2 is 1.80 bits per heavy atom. The minimum atomic E-state index is -0.171. The van der Waals surface area contributed by atoms with Gasteiger partial charge in [-0.3, -0.25) is 4.79 Å². The van der Waals surface area contributed by atoms with Gasteiger partial charge in [-0.1, -0.05) is 38.8 Å². The Kier molecular flexibility index (Phi) is 5.16. The molecule has 6 heteroatoms. The number of anilines is 1. The fourth-order valence-corrected chi connectivity index (χ4v) is 2.95. The van der Waals surface area contributed by atoms with Gasteiger partial charge in [0, 0.05) is 13.1 Å². The number of nitrogens with one attached hydrogen (secondary N) is 1. The molecule has 0 aliphatic carbocycles. The van der Waals surface area contributed by atoms with Crippen LogP contribution in [-0.4, -0.2) is 27.0 Å². The maximum Gasteiger partial charge on any atom is 0.257 e. The quantitative estimate of drug-likeness (QED) is 0.645. The summed E-state index contributed by atoms with van der Waals surface area (Å²) in [4.78, 5) is 22.1. The third-order valence-corrected chi connectivity index (χ3v) is 4.37. The normalized spacial score (nSPS) is 11.3. The molecule has 0 aliphatic heterocycles. The second-order valence-electron chi connectivity index (χ2n) is 6.26. The second-order valence-corrected chi connectivity index (χ2v) is 6.26. The molecule has 0 radical (unpaired) electrons. The number of nitrogen functional groups attached to an aromatic ring is 1. The third-order valence-electron chi connectivity index (χ3n) is 4.37. The van der Waals surface area contributed by atoms with Gasteiger partial charge in [0.1, 0.15) is 16.9 Å². The highest BCUT2D eigenvalue weighted by molar-refractivity contribution is 6.10. The zero-order valence-corrected chi connectivity index (χ0v) is 14.9. The van der Waals surface area contributed by atoms with Crippen molar-refractivity contribution in [1.82, 2.24) is 19.9 Å². The number of unbranched alkanes of at least 4 members (excludes halogenated alkanes) is 2. The Labute approximate surface area is 147 Å². The molecule has 2 aromatic heterocycles. The minimum absolute atomic E-state index is 0.171. The van der Waals surface area contributed by atoms with Gasteiger partial charge in [0.15, 0.2) is 5.65 Å². The van der Waals surface area contributed by atoms with Gasteiger partial charge in [-0.25, -0.2) is 9.97 Å². The molecule has 2 heterocycles. The molecule has 0 saturated heterocycles. The van der Waals surface area contributed by atoms with Crippen molar-refractivity contribution in [2.75, 3.05) is 12.3 Å². The smallest absolute Gasteiger partial charge is 0.257 e.